The molecule has 0 saturated carbocycles. The number of halogens is 1. The van der Waals surface area contributed by atoms with Gasteiger partial charge in [-0.25, -0.2) is 9.97 Å². The number of aromatic nitrogens is 4. The highest BCUT2D eigenvalue weighted by atomic mass is 79.9. The van der Waals surface area contributed by atoms with Crippen LogP contribution < -0.4 is 10.5 Å². The van der Waals surface area contributed by atoms with E-state index in [0.717, 1.165) is 9.86 Å². The summed E-state index contributed by atoms with van der Waals surface area (Å²) in [5.74, 6) is 1.05. The highest BCUT2D eigenvalue weighted by Gasteiger charge is 2.11. The maximum absolute atomic E-state index is 5.79. The van der Waals surface area contributed by atoms with Gasteiger partial charge in [0.1, 0.15) is 17.5 Å². The highest BCUT2D eigenvalue weighted by molar-refractivity contribution is 9.10. The van der Waals surface area contributed by atoms with Crippen LogP contribution in [0.15, 0.2) is 35.2 Å². The van der Waals surface area contributed by atoms with Crippen molar-refractivity contribution in [3.05, 3.63) is 35.2 Å². The van der Waals surface area contributed by atoms with Crippen molar-refractivity contribution in [2.24, 2.45) is 7.05 Å². The van der Waals surface area contributed by atoms with Crippen LogP contribution in [-0.4, -0.2) is 19.7 Å². The van der Waals surface area contributed by atoms with Crippen molar-refractivity contribution < 1.29 is 4.74 Å². The number of nitrogens with two attached hydrogens (primary N) is 1. The second-order valence-corrected chi connectivity index (χ2v) is 4.83. The van der Waals surface area contributed by atoms with Crippen molar-refractivity contribution in [1.82, 2.24) is 19.7 Å². The second kappa shape index (κ2) is 4.51. The fourth-order valence-electron chi connectivity index (χ4n) is 1.72. The third kappa shape index (κ3) is 2.12. The van der Waals surface area contributed by atoms with Gasteiger partial charge in [0, 0.05) is 18.8 Å². The first-order valence-electron chi connectivity index (χ1n) is 5.51. The summed E-state index contributed by atoms with van der Waals surface area (Å²) in [4.78, 5) is 8.29. The zero-order valence-electron chi connectivity index (χ0n) is 10.0. The predicted molar refractivity (Wildman–Crippen MR) is 74.9 cm³/mol. The molecule has 6 nitrogen and oxygen atoms in total. The van der Waals surface area contributed by atoms with E-state index in [1.165, 1.54) is 6.33 Å². The standard InChI is InChI=1S/C12H10BrN5O/c1-18-11-8(5-17-18)12(16-6-15-11)19-10-4-7(14)2-3-9(10)13/h2-6H,14H2,1H3. The molecule has 0 aliphatic heterocycles. The first-order valence-corrected chi connectivity index (χ1v) is 6.30. The van der Waals surface area contributed by atoms with Crippen molar-refractivity contribution in [2.75, 3.05) is 5.73 Å². The number of hydrogen-bond acceptors (Lipinski definition) is 5. The summed E-state index contributed by atoms with van der Waals surface area (Å²) in [6.45, 7) is 0. The Balaban J connectivity index is 2.08. The van der Waals surface area contributed by atoms with Gasteiger partial charge in [-0.2, -0.15) is 5.10 Å². The number of nitrogens with zero attached hydrogens (tertiary/aromatic N) is 4. The van der Waals surface area contributed by atoms with Crippen molar-refractivity contribution in [3.63, 3.8) is 0 Å². The van der Waals surface area contributed by atoms with E-state index in [1.54, 1.807) is 23.0 Å². The molecule has 0 unspecified atom stereocenters. The molecule has 0 aliphatic rings. The van der Waals surface area contributed by atoms with Crippen LogP contribution in [-0.2, 0) is 7.05 Å². The molecule has 2 heterocycles. The van der Waals surface area contributed by atoms with Gasteiger partial charge in [-0.05, 0) is 28.1 Å². The lowest BCUT2D eigenvalue weighted by molar-refractivity contribution is 0.465. The van der Waals surface area contributed by atoms with E-state index in [-0.39, 0.29) is 0 Å². The van der Waals surface area contributed by atoms with Crippen LogP contribution in [0.2, 0.25) is 0 Å². The Morgan fingerprint density at radius 1 is 1.32 bits per heavy atom. The number of anilines is 1. The molecule has 2 N–H and O–H groups in total. The Hall–Kier alpha value is -2.15. The summed E-state index contributed by atoms with van der Waals surface area (Å²) in [7, 11) is 1.82. The number of hydrogen-bond donors (Lipinski definition) is 1. The molecule has 0 radical (unpaired) electrons. The van der Waals surface area contributed by atoms with Crippen LogP contribution in [0.4, 0.5) is 5.69 Å². The van der Waals surface area contributed by atoms with Crippen molar-refractivity contribution >= 4 is 32.7 Å². The average Bonchev–Trinajstić information content (AvgIpc) is 2.77. The summed E-state index contributed by atoms with van der Waals surface area (Å²) >= 11 is 3.41. The summed E-state index contributed by atoms with van der Waals surface area (Å²) < 4.78 is 8.25. The highest BCUT2D eigenvalue weighted by Crippen LogP contribution is 2.32. The van der Waals surface area contributed by atoms with Crippen LogP contribution in [0.25, 0.3) is 11.0 Å². The minimum Gasteiger partial charge on any atom is -0.437 e. The van der Waals surface area contributed by atoms with E-state index in [4.69, 9.17) is 10.5 Å². The van der Waals surface area contributed by atoms with E-state index in [9.17, 15) is 0 Å². The smallest absolute Gasteiger partial charge is 0.233 e. The van der Waals surface area contributed by atoms with Crippen molar-refractivity contribution in [1.29, 1.82) is 0 Å². The lowest BCUT2D eigenvalue weighted by Crippen LogP contribution is -1.95. The maximum atomic E-state index is 5.79. The van der Waals surface area contributed by atoms with Gasteiger partial charge in [0.15, 0.2) is 5.65 Å². The van der Waals surface area contributed by atoms with Gasteiger partial charge in [0.25, 0.3) is 0 Å². The van der Waals surface area contributed by atoms with Crippen LogP contribution in [0.5, 0.6) is 11.6 Å². The Morgan fingerprint density at radius 2 is 2.16 bits per heavy atom. The molecule has 3 rings (SSSR count). The molecule has 0 saturated heterocycles. The summed E-state index contributed by atoms with van der Waals surface area (Å²) in [6.07, 6.45) is 3.12. The molecule has 0 bridgehead atoms. The minimum absolute atomic E-state index is 0.449. The monoisotopic (exact) mass is 319 g/mol. The van der Waals surface area contributed by atoms with Crippen LogP contribution in [0.1, 0.15) is 0 Å². The predicted octanol–water partition coefficient (Wildman–Crippen LogP) is 2.50. The largest absolute Gasteiger partial charge is 0.437 e. The molecule has 0 amide bonds. The van der Waals surface area contributed by atoms with Gasteiger partial charge >= 0.3 is 0 Å². The third-order valence-electron chi connectivity index (χ3n) is 2.65. The average molecular weight is 320 g/mol. The number of rotatable bonds is 2. The first-order chi connectivity index (χ1) is 9.15. The van der Waals surface area contributed by atoms with E-state index in [1.807, 2.05) is 13.1 Å². The first kappa shape index (κ1) is 11.9. The molecule has 19 heavy (non-hydrogen) atoms. The molecule has 0 fully saturated rings. The van der Waals surface area contributed by atoms with Crippen molar-refractivity contribution in [2.45, 2.75) is 0 Å². The lowest BCUT2D eigenvalue weighted by atomic mass is 10.3. The van der Waals surface area contributed by atoms with Crippen LogP contribution in [0.3, 0.4) is 0 Å². The normalized spacial score (nSPS) is 10.8. The van der Waals surface area contributed by atoms with Crippen LogP contribution >= 0.6 is 15.9 Å². The Morgan fingerprint density at radius 3 is 3.00 bits per heavy atom. The zero-order valence-corrected chi connectivity index (χ0v) is 11.6. The van der Waals surface area contributed by atoms with E-state index in [2.05, 4.69) is 31.0 Å². The van der Waals surface area contributed by atoms with Gasteiger partial charge < -0.3 is 10.5 Å². The Kier molecular flexibility index (Phi) is 2.83. The summed E-state index contributed by atoms with van der Waals surface area (Å²) in [6, 6.07) is 5.34. The summed E-state index contributed by atoms with van der Waals surface area (Å²) in [5, 5.41) is 4.89. The summed E-state index contributed by atoms with van der Waals surface area (Å²) in [5.41, 5.74) is 7.08. The number of benzene rings is 1. The quantitative estimate of drug-likeness (QED) is 0.734. The molecular formula is C12H10BrN5O. The molecule has 3 aromatic rings. The molecule has 96 valence electrons. The van der Waals surface area contributed by atoms with Gasteiger partial charge in [-0.3, -0.25) is 4.68 Å². The molecule has 7 heteroatoms. The molecule has 2 aromatic heterocycles. The Labute approximate surface area is 117 Å². The van der Waals surface area contributed by atoms with Crippen molar-refractivity contribution in [3.8, 4) is 11.6 Å². The van der Waals surface area contributed by atoms with Gasteiger partial charge in [0.2, 0.25) is 5.88 Å². The van der Waals surface area contributed by atoms with Gasteiger partial charge in [-0.1, -0.05) is 0 Å². The van der Waals surface area contributed by atoms with Gasteiger partial charge in [-0.15, -0.1) is 0 Å². The molecular weight excluding hydrogens is 310 g/mol. The molecule has 0 aliphatic carbocycles. The van der Waals surface area contributed by atoms with Gasteiger partial charge in [0.05, 0.1) is 10.7 Å². The molecule has 1 aromatic carbocycles. The molecule has 0 spiro atoms. The minimum atomic E-state index is 0.449. The fraction of sp³-hybridized carbons (Fsp3) is 0.0833. The van der Waals surface area contributed by atoms with E-state index >= 15 is 0 Å². The van der Waals surface area contributed by atoms with E-state index in [0.29, 0.717) is 23.0 Å². The zero-order chi connectivity index (χ0) is 13.4. The van der Waals surface area contributed by atoms with Crippen LogP contribution in [0, 0.1) is 0 Å². The fourth-order valence-corrected chi connectivity index (χ4v) is 2.05. The topological polar surface area (TPSA) is 78.9 Å². The maximum Gasteiger partial charge on any atom is 0.233 e. The SMILES string of the molecule is Cn1ncc2c(Oc3cc(N)ccc3Br)ncnc21. The van der Waals surface area contributed by atoms with E-state index < -0.39 is 0 Å². The lowest BCUT2D eigenvalue weighted by Gasteiger charge is -2.08. The molecule has 0 atom stereocenters. The Bertz CT molecular complexity index is 755. The number of nitrogen functional groups attached to an aromatic ring is 1. The number of fused-ring (bicyclic) bond motifs is 1. The second-order valence-electron chi connectivity index (χ2n) is 3.98. The third-order valence-corrected chi connectivity index (χ3v) is 3.31. The number of ether oxygens (including phenoxy) is 1. The number of aryl methyl sites for hydroxylation is 1.